The van der Waals surface area contributed by atoms with E-state index in [4.69, 9.17) is 4.42 Å². The Hall–Kier alpha value is -3.42. The number of nitrogens with zero attached hydrogens (tertiary/aromatic N) is 4. The van der Waals surface area contributed by atoms with E-state index >= 15 is 4.39 Å². The molecule has 0 atom stereocenters. The number of carbonyl (C=O) groups is 2. The van der Waals surface area contributed by atoms with E-state index in [0.29, 0.717) is 49.0 Å². The van der Waals surface area contributed by atoms with Crippen LogP contribution in [0.5, 0.6) is 0 Å². The Balaban J connectivity index is 1.64. The van der Waals surface area contributed by atoms with Crippen LogP contribution in [0, 0.1) is 5.82 Å². The van der Waals surface area contributed by atoms with Gasteiger partial charge in [0.05, 0.1) is 5.39 Å². The molecule has 0 radical (unpaired) electrons. The Labute approximate surface area is 192 Å². The summed E-state index contributed by atoms with van der Waals surface area (Å²) in [5.74, 6) is -0.540. The molecular weight excluding hydrogens is 423 g/mol. The summed E-state index contributed by atoms with van der Waals surface area (Å²) in [6.45, 7) is 5.48. The highest BCUT2D eigenvalue weighted by molar-refractivity contribution is 5.98. The summed E-state index contributed by atoms with van der Waals surface area (Å²) in [6, 6.07) is 5.11. The van der Waals surface area contributed by atoms with E-state index in [1.807, 2.05) is 32.2 Å². The van der Waals surface area contributed by atoms with Crippen LogP contribution < -0.4 is 0 Å². The van der Waals surface area contributed by atoms with Crippen LogP contribution in [-0.4, -0.2) is 58.6 Å². The smallest absolute Gasteiger partial charge is 0.289 e. The number of halogens is 1. The Morgan fingerprint density at radius 2 is 2.06 bits per heavy atom. The van der Waals surface area contributed by atoms with Gasteiger partial charge in [-0.05, 0) is 35.6 Å². The summed E-state index contributed by atoms with van der Waals surface area (Å²) in [5, 5.41) is 4.43. The molecule has 0 spiro atoms. The van der Waals surface area contributed by atoms with Crippen LogP contribution in [0.2, 0.25) is 0 Å². The molecule has 8 heteroatoms. The molecule has 0 bridgehead atoms. The van der Waals surface area contributed by atoms with Gasteiger partial charge in [0.1, 0.15) is 11.4 Å². The number of rotatable bonds is 6. The third-order valence-electron chi connectivity index (χ3n) is 5.97. The van der Waals surface area contributed by atoms with Crippen molar-refractivity contribution in [3.63, 3.8) is 0 Å². The second-order valence-corrected chi connectivity index (χ2v) is 8.89. The fourth-order valence-corrected chi connectivity index (χ4v) is 4.14. The van der Waals surface area contributed by atoms with Crippen molar-refractivity contribution in [1.82, 2.24) is 19.6 Å². The van der Waals surface area contributed by atoms with Crippen LogP contribution in [0.1, 0.15) is 54.3 Å². The lowest BCUT2D eigenvalue weighted by Gasteiger charge is -2.28. The van der Waals surface area contributed by atoms with Gasteiger partial charge in [-0.25, -0.2) is 4.39 Å². The van der Waals surface area contributed by atoms with Gasteiger partial charge >= 0.3 is 0 Å². The van der Waals surface area contributed by atoms with Gasteiger partial charge in [0.25, 0.3) is 5.91 Å². The highest BCUT2D eigenvalue weighted by Crippen LogP contribution is 2.36. The van der Waals surface area contributed by atoms with Crippen molar-refractivity contribution >= 4 is 28.4 Å². The van der Waals surface area contributed by atoms with Crippen LogP contribution in [0.15, 0.2) is 41.1 Å². The molecule has 3 heterocycles. The molecule has 1 aliphatic rings. The second-order valence-electron chi connectivity index (χ2n) is 8.89. The lowest BCUT2D eigenvalue weighted by Crippen LogP contribution is -2.36. The number of hydrogen-bond acceptors (Lipinski definition) is 4. The van der Waals surface area contributed by atoms with Crippen molar-refractivity contribution in [2.24, 2.45) is 0 Å². The predicted octanol–water partition coefficient (Wildman–Crippen LogP) is 4.30. The number of benzene rings is 1. The van der Waals surface area contributed by atoms with Gasteiger partial charge in [0.15, 0.2) is 5.76 Å². The Kier molecular flexibility index (Phi) is 6.35. The van der Waals surface area contributed by atoms with E-state index in [1.54, 1.807) is 35.9 Å². The highest BCUT2D eigenvalue weighted by Gasteiger charge is 2.26. The van der Waals surface area contributed by atoms with Crippen molar-refractivity contribution < 1.29 is 18.4 Å². The molecule has 2 amide bonds. The van der Waals surface area contributed by atoms with E-state index < -0.39 is 5.82 Å². The molecule has 0 aliphatic carbocycles. The topological polar surface area (TPSA) is 71.6 Å². The lowest BCUT2D eigenvalue weighted by atomic mass is 9.92. The van der Waals surface area contributed by atoms with Crippen LogP contribution in [0.4, 0.5) is 4.39 Å². The second kappa shape index (κ2) is 9.21. The zero-order chi connectivity index (χ0) is 23.7. The number of amides is 2. The van der Waals surface area contributed by atoms with E-state index in [9.17, 15) is 9.59 Å². The summed E-state index contributed by atoms with van der Waals surface area (Å²) in [4.78, 5) is 28.4. The van der Waals surface area contributed by atoms with Crippen LogP contribution in [0.25, 0.3) is 16.5 Å². The van der Waals surface area contributed by atoms with E-state index in [2.05, 4.69) is 5.10 Å². The monoisotopic (exact) mass is 452 g/mol. The fourth-order valence-electron chi connectivity index (χ4n) is 4.14. The number of hydrogen-bond donors (Lipinski definition) is 0. The number of furan rings is 1. The molecule has 174 valence electrons. The SMILES string of the molecule is CC(C)c1cc(C2=CCCN(C(=O)CCn3cccn3)C2)c(F)c2cc(C(=O)N(C)C)oc12. The number of aromatic nitrogens is 2. The molecule has 1 aromatic carbocycles. The van der Waals surface area contributed by atoms with Gasteiger partial charge in [-0.3, -0.25) is 14.3 Å². The molecule has 3 aromatic rings. The van der Waals surface area contributed by atoms with Gasteiger partial charge in [-0.15, -0.1) is 0 Å². The first-order valence-corrected chi connectivity index (χ1v) is 11.2. The van der Waals surface area contributed by atoms with Crippen molar-refractivity contribution in [1.29, 1.82) is 0 Å². The van der Waals surface area contributed by atoms with Crippen LogP contribution in [0.3, 0.4) is 0 Å². The largest absolute Gasteiger partial charge is 0.450 e. The zero-order valence-corrected chi connectivity index (χ0v) is 19.5. The third-order valence-corrected chi connectivity index (χ3v) is 5.97. The fraction of sp³-hybridized carbons (Fsp3) is 0.400. The molecule has 33 heavy (non-hydrogen) atoms. The average Bonchev–Trinajstić information content (AvgIpc) is 3.47. The first kappa shape index (κ1) is 22.8. The first-order valence-electron chi connectivity index (χ1n) is 11.2. The van der Waals surface area contributed by atoms with E-state index in [0.717, 1.165) is 11.1 Å². The first-order chi connectivity index (χ1) is 15.8. The molecule has 7 nitrogen and oxygen atoms in total. The minimum atomic E-state index is -0.423. The van der Waals surface area contributed by atoms with Gasteiger partial charge in [0, 0.05) is 64.2 Å². The molecule has 4 rings (SSSR count). The van der Waals surface area contributed by atoms with Crippen LogP contribution in [-0.2, 0) is 11.3 Å². The molecule has 0 N–H and O–H groups in total. The molecule has 0 saturated carbocycles. The Morgan fingerprint density at radius 1 is 1.27 bits per heavy atom. The molecule has 0 fully saturated rings. The maximum Gasteiger partial charge on any atom is 0.289 e. The quantitative estimate of drug-likeness (QED) is 0.559. The molecular formula is C25H29FN4O3. The average molecular weight is 453 g/mol. The van der Waals surface area contributed by atoms with Crippen molar-refractivity contribution in [2.75, 3.05) is 27.2 Å². The molecule has 0 unspecified atom stereocenters. The summed E-state index contributed by atoms with van der Waals surface area (Å²) in [5.41, 5.74) is 2.47. The van der Waals surface area contributed by atoms with Crippen molar-refractivity contribution in [3.8, 4) is 0 Å². The standard InChI is InChI=1S/C25H29FN4O3/c1-16(2)18-13-19(23(26)20-14-21(33-24(18)20)25(32)28(3)4)17-7-5-10-29(15-17)22(31)8-12-30-11-6-9-27-30/h6-7,9,11,13-14,16H,5,8,10,12,15H2,1-4H3. The minimum Gasteiger partial charge on any atom is -0.450 e. The van der Waals surface area contributed by atoms with Crippen molar-refractivity contribution in [3.05, 3.63) is 59.4 Å². The van der Waals surface area contributed by atoms with Gasteiger partial charge in [-0.2, -0.15) is 5.10 Å². The van der Waals surface area contributed by atoms with Gasteiger partial charge in [-0.1, -0.05) is 19.9 Å². The van der Waals surface area contributed by atoms with Crippen molar-refractivity contribution in [2.45, 2.75) is 39.2 Å². The van der Waals surface area contributed by atoms with E-state index in [1.165, 1.54) is 11.0 Å². The lowest BCUT2D eigenvalue weighted by molar-refractivity contribution is -0.131. The normalized spacial score (nSPS) is 14.1. The van der Waals surface area contributed by atoms with Gasteiger partial charge in [0.2, 0.25) is 5.91 Å². The number of aryl methyl sites for hydroxylation is 1. The molecule has 0 saturated heterocycles. The third kappa shape index (κ3) is 4.55. The number of carbonyl (C=O) groups excluding carboxylic acids is 2. The Morgan fingerprint density at radius 3 is 2.73 bits per heavy atom. The maximum absolute atomic E-state index is 15.7. The number of fused-ring (bicyclic) bond motifs is 1. The van der Waals surface area contributed by atoms with Crippen LogP contribution >= 0.6 is 0 Å². The molecule has 2 aromatic heterocycles. The highest BCUT2D eigenvalue weighted by atomic mass is 19.1. The minimum absolute atomic E-state index is 0.0175. The molecule has 1 aliphatic heterocycles. The summed E-state index contributed by atoms with van der Waals surface area (Å²) < 4.78 is 23.2. The Bertz CT molecular complexity index is 1210. The van der Waals surface area contributed by atoms with E-state index in [-0.39, 0.29) is 23.5 Å². The summed E-state index contributed by atoms with van der Waals surface area (Å²) >= 11 is 0. The predicted molar refractivity (Wildman–Crippen MR) is 124 cm³/mol. The summed E-state index contributed by atoms with van der Waals surface area (Å²) in [6.07, 6.45) is 6.51. The summed E-state index contributed by atoms with van der Waals surface area (Å²) in [7, 11) is 3.26. The van der Waals surface area contributed by atoms with Gasteiger partial charge < -0.3 is 14.2 Å². The zero-order valence-electron chi connectivity index (χ0n) is 19.5. The maximum atomic E-state index is 15.7.